The highest BCUT2D eigenvalue weighted by Crippen LogP contribution is 2.34. The highest BCUT2D eigenvalue weighted by atomic mass is 16.5. The second-order valence-corrected chi connectivity index (χ2v) is 4.79. The molecule has 0 radical (unpaired) electrons. The summed E-state index contributed by atoms with van der Waals surface area (Å²) >= 11 is 0. The van der Waals surface area contributed by atoms with Crippen molar-refractivity contribution in [1.29, 1.82) is 0 Å². The Bertz CT molecular complexity index is 572. The number of hydrogen-bond donors (Lipinski definition) is 1. The maximum absolute atomic E-state index is 5.81. The zero-order valence-electron chi connectivity index (χ0n) is 10.6. The molecule has 2 nitrogen and oxygen atoms in total. The van der Waals surface area contributed by atoms with Gasteiger partial charge in [0.2, 0.25) is 0 Å². The lowest BCUT2D eigenvalue weighted by molar-refractivity contribution is 0.353. The number of benzene rings is 2. The van der Waals surface area contributed by atoms with Gasteiger partial charge in [0.05, 0.1) is 6.61 Å². The average molecular weight is 239 g/mol. The maximum Gasteiger partial charge on any atom is 0.127 e. The van der Waals surface area contributed by atoms with Gasteiger partial charge >= 0.3 is 0 Å². The van der Waals surface area contributed by atoms with Crippen molar-refractivity contribution < 1.29 is 4.74 Å². The molecule has 0 fully saturated rings. The lowest BCUT2D eigenvalue weighted by atomic mass is 9.97. The molecule has 1 aliphatic rings. The fraction of sp³-hybridized carbons (Fsp3) is 0.250. The minimum Gasteiger partial charge on any atom is -0.493 e. The Balaban J connectivity index is 2.10. The summed E-state index contributed by atoms with van der Waals surface area (Å²) in [5.74, 6) is 1.01. The standard InChI is InChI=1S/C16H17NO/c1-11-2-4-12(5-3-11)14-8-13-6-7-18-16(13)15(9-14)10-17/h2-5,8-9H,6-7,10,17H2,1H3. The largest absolute Gasteiger partial charge is 0.493 e. The second kappa shape index (κ2) is 4.46. The van der Waals surface area contributed by atoms with Crippen LogP contribution in [0.3, 0.4) is 0 Å². The summed E-state index contributed by atoms with van der Waals surface area (Å²) in [5, 5.41) is 0. The predicted octanol–water partition coefficient (Wildman–Crippen LogP) is 3.06. The van der Waals surface area contributed by atoms with E-state index in [1.807, 2.05) is 0 Å². The predicted molar refractivity (Wildman–Crippen MR) is 73.7 cm³/mol. The molecule has 2 aromatic rings. The quantitative estimate of drug-likeness (QED) is 0.874. The molecule has 3 rings (SSSR count). The topological polar surface area (TPSA) is 35.2 Å². The minimum absolute atomic E-state index is 0.530. The lowest BCUT2D eigenvalue weighted by Gasteiger charge is -2.10. The van der Waals surface area contributed by atoms with Crippen molar-refractivity contribution >= 4 is 0 Å². The van der Waals surface area contributed by atoms with Crippen LogP contribution in [-0.2, 0) is 13.0 Å². The van der Waals surface area contributed by atoms with E-state index in [-0.39, 0.29) is 0 Å². The van der Waals surface area contributed by atoms with E-state index in [0.717, 1.165) is 24.3 Å². The Morgan fingerprint density at radius 3 is 2.61 bits per heavy atom. The van der Waals surface area contributed by atoms with Crippen LogP contribution in [0.15, 0.2) is 36.4 Å². The van der Waals surface area contributed by atoms with Crippen LogP contribution in [0.4, 0.5) is 0 Å². The molecule has 1 heterocycles. The van der Waals surface area contributed by atoms with E-state index < -0.39 is 0 Å². The van der Waals surface area contributed by atoms with Gasteiger partial charge in [-0.15, -0.1) is 0 Å². The van der Waals surface area contributed by atoms with Gasteiger partial charge in [-0.3, -0.25) is 0 Å². The van der Waals surface area contributed by atoms with Crippen LogP contribution in [0.25, 0.3) is 11.1 Å². The molecule has 0 aromatic heterocycles. The van der Waals surface area contributed by atoms with E-state index in [0.29, 0.717) is 6.54 Å². The van der Waals surface area contributed by atoms with Crippen molar-refractivity contribution in [3.05, 3.63) is 53.1 Å². The third kappa shape index (κ3) is 1.89. The Kier molecular flexibility index (Phi) is 2.80. The highest BCUT2D eigenvalue weighted by Gasteiger charge is 2.17. The minimum atomic E-state index is 0.530. The van der Waals surface area contributed by atoms with Crippen LogP contribution >= 0.6 is 0 Å². The number of rotatable bonds is 2. The molecule has 0 unspecified atom stereocenters. The number of fused-ring (bicyclic) bond motifs is 1. The van der Waals surface area contributed by atoms with E-state index >= 15 is 0 Å². The molecular formula is C16H17NO. The Morgan fingerprint density at radius 2 is 1.89 bits per heavy atom. The van der Waals surface area contributed by atoms with Crippen LogP contribution in [0.1, 0.15) is 16.7 Å². The van der Waals surface area contributed by atoms with Gasteiger partial charge in [0, 0.05) is 18.5 Å². The van der Waals surface area contributed by atoms with Crippen LogP contribution in [0.5, 0.6) is 5.75 Å². The van der Waals surface area contributed by atoms with E-state index in [1.54, 1.807) is 0 Å². The molecule has 2 aromatic carbocycles. The van der Waals surface area contributed by atoms with Crippen LogP contribution < -0.4 is 10.5 Å². The van der Waals surface area contributed by atoms with Crippen molar-refractivity contribution in [3.63, 3.8) is 0 Å². The summed E-state index contributed by atoms with van der Waals surface area (Å²) in [6.45, 7) is 3.41. The van der Waals surface area contributed by atoms with Gasteiger partial charge < -0.3 is 10.5 Å². The first-order valence-electron chi connectivity index (χ1n) is 6.33. The van der Waals surface area contributed by atoms with Gasteiger partial charge in [-0.25, -0.2) is 0 Å². The first-order valence-corrected chi connectivity index (χ1v) is 6.33. The zero-order chi connectivity index (χ0) is 12.5. The molecule has 18 heavy (non-hydrogen) atoms. The summed E-state index contributed by atoms with van der Waals surface area (Å²) in [5.41, 5.74) is 12.0. The molecule has 0 amide bonds. The third-order valence-electron chi connectivity index (χ3n) is 3.47. The summed E-state index contributed by atoms with van der Waals surface area (Å²) in [6.07, 6.45) is 0.988. The number of hydrogen-bond acceptors (Lipinski definition) is 2. The molecule has 2 N–H and O–H groups in total. The third-order valence-corrected chi connectivity index (χ3v) is 3.47. The Morgan fingerprint density at radius 1 is 1.11 bits per heavy atom. The van der Waals surface area contributed by atoms with Gasteiger partial charge in [0.1, 0.15) is 5.75 Å². The van der Waals surface area contributed by atoms with E-state index in [9.17, 15) is 0 Å². The first-order chi connectivity index (χ1) is 8.78. The van der Waals surface area contributed by atoms with Crippen molar-refractivity contribution in [2.45, 2.75) is 19.9 Å². The van der Waals surface area contributed by atoms with Crippen molar-refractivity contribution in [2.24, 2.45) is 5.73 Å². The number of aryl methyl sites for hydroxylation is 1. The molecule has 92 valence electrons. The summed E-state index contributed by atoms with van der Waals surface area (Å²) in [4.78, 5) is 0. The molecule has 2 heteroatoms. The summed E-state index contributed by atoms with van der Waals surface area (Å²) in [7, 11) is 0. The van der Waals surface area contributed by atoms with Crippen LogP contribution in [0.2, 0.25) is 0 Å². The van der Waals surface area contributed by atoms with Crippen molar-refractivity contribution in [3.8, 4) is 16.9 Å². The fourth-order valence-corrected chi connectivity index (χ4v) is 2.45. The Hall–Kier alpha value is -1.80. The molecular weight excluding hydrogens is 222 g/mol. The second-order valence-electron chi connectivity index (χ2n) is 4.79. The fourth-order valence-electron chi connectivity index (χ4n) is 2.45. The van der Waals surface area contributed by atoms with Crippen LogP contribution in [-0.4, -0.2) is 6.61 Å². The van der Waals surface area contributed by atoms with Crippen LogP contribution in [0, 0.1) is 6.92 Å². The van der Waals surface area contributed by atoms with Crippen molar-refractivity contribution in [2.75, 3.05) is 6.61 Å². The summed E-state index contributed by atoms with van der Waals surface area (Å²) < 4.78 is 5.65. The molecule has 0 saturated heterocycles. The monoisotopic (exact) mass is 239 g/mol. The maximum atomic E-state index is 5.81. The van der Waals surface area contributed by atoms with Gasteiger partial charge in [0.15, 0.2) is 0 Å². The van der Waals surface area contributed by atoms with Gasteiger partial charge in [-0.05, 0) is 35.7 Å². The number of nitrogens with two attached hydrogens (primary N) is 1. The summed E-state index contributed by atoms with van der Waals surface area (Å²) in [6, 6.07) is 13.0. The van der Waals surface area contributed by atoms with E-state index in [2.05, 4.69) is 43.3 Å². The average Bonchev–Trinajstić information content (AvgIpc) is 2.86. The number of ether oxygens (including phenoxy) is 1. The molecule has 1 aliphatic heterocycles. The smallest absolute Gasteiger partial charge is 0.127 e. The molecule has 0 spiro atoms. The SMILES string of the molecule is Cc1ccc(-c2cc(CN)c3c(c2)CCO3)cc1. The van der Waals surface area contributed by atoms with E-state index in [4.69, 9.17) is 10.5 Å². The first kappa shape index (κ1) is 11.3. The zero-order valence-corrected chi connectivity index (χ0v) is 10.6. The highest BCUT2D eigenvalue weighted by molar-refractivity contribution is 5.68. The molecule has 0 saturated carbocycles. The molecule has 0 atom stereocenters. The molecule has 0 bridgehead atoms. The van der Waals surface area contributed by atoms with Gasteiger partial charge in [-0.2, -0.15) is 0 Å². The van der Waals surface area contributed by atoms with E-state index in [1.165, 1.54) is 22.3 Å². The van der Waals surface area contributed by atoms with Gasteiger partial charge in [-0.1, -0.05) is 29.8 Å². The van der Waals surface area contributed by atoms with Crippen molar-refractivity contribution in [1.82, 2.24) is 0 Å². The molecule has 0 aliphatic carbocycles. The normalized spacial score (nSPS) is 13.2. The Labute approximate surface area is 107 Å². The lowest BCUT2D eigenvalue weighted by Crippen LogP contribution is -2.00. The van der Waals surface area contributed by atoms with Gasteiger partial charge in [0.25, 0.3) is 0 Å².